The number of carbonyl (C=O) groups is 1. The number of amides is 1. The lowest BCUT2D eigenvalue weighted by molar-refractivity contribution is 0.0697. The molecule has 1 heterocycles. The van der Waals surface area contributed by atoms with Crippen LogP contribution in [0.5, 0.6) is 5.75 Å². The van der Waals surface area contributed by atoms with Gasteiger partial charge in [0.15, 0.2) is 0 Å². The Balaban J connectivity index is 2.10. The Bertz CT molecular complexity index is 639. The third-order valence-electron chi connectivity index (χ3n) is 3.30. The standard InChI is InChI=1S/C12H18N4O4S/c1-20-11-7-9(6-10(13)8-11)12(17)15-2-4-16(5-3-15)21(14,18)19/h6-8H,2-5,13H2,1H3,(H2,14,18,19). The van der Waals surface area contributed by atoms with Crippen molar-refractivity contribution in [3.63, 3.8) is 0 Å². The first-order valence-corrected chi connectivity index (χ1v) is 7.83. The maximum atomic E-state index is 12.4. The van der Waals surface area contributed by atoms with Crippen LogP contribution in [0.2, 0.25) is 0 Å². The number of nitrogens with zero attached hydrogens (tertiary/aromatic N) is 2. The van der Waals surface area contributed by atoms with Crippen molar-refractivity contribution >= 4 is 21.8 Å². The van der Waals surface area contributed by atoms with Gasteiger partial charge in [0.25, 0.3) is 16.1 Å². The molecule has 1 saturated heterocycles. The molecule has 1 fully saturated rings. The van der Waals surface area contributed by atoms with Crippen LogP contribution in [0.3, 0.4) is 0 Å². The summed E-state index contributed by atoms with van der Waals surface area (Å²) in [5.41, 5.74) is 6.57. The minimum absolute atomic E-state index is 0.185. The summed E-state index contributed by atoms with van der Waals surface area (Å²) in [5.74, 6) is 0.288. The maximum Gasteiger partial charge on any atom is 0.277 e. The van der Waals surface area contributed by atoms with Crippen molar-refractivity contribution in [3.8, 4) is 5.75 Å². The van der Waals surface area contributed by atoms with E-state index in [-0.39, 0.29) is 32.1 Å². The lowest BCUT2D eigenvalue weighted by atomic mass is 10.1. The molecule has 0 unspecified atom stereocenters. The zero-order valence-electron chi connectivity index (χ0n) is 11.7. The molecule has 9 heteroatoms. The fraction of sp³-hybridized carbons (Fsp3) is 0.417. The lowest BCUT2D eigenvalue weighted by Gasteiger charge is -2.33. The zero-order chi connectivity index (χ0) is 15.6. The molecule has 0 saturated carbocycles. The summed E-state index contributed by atoms with van der Waals surface area (Å²) >= 11 is 0. The second kappa shape index (κ2) is 5.88. The van der Waals surface area contributed by atoms with E-state index < -0.39 is 10.2 Å². The summed E-state index contributed by atoms with van der Waals surface area (Å²) in [6.45, 7) is 0.937. The van der Waals surface area contributed by atoms with Crippen LogP contribution in [0, 0.1) is 0 Å². The molecule has 0 aliphatic carbocycles. The normalized spacial score (nSPS) is 16.8. The lowest BCUT2D eigenvalue weighted by Crippen LogP contribution is -2.52. The SMILES string of the molecule is COc1cc(N)cc(C(=O)N2CCN(S(N)(=O)=O)CC2)c1. The first-order chi connectivity index (χ1) is 9.81. The topological polar surface area (TPSA) is 119 Å². The van der Waals surface area contributed by atoms with Crippen LogP contribution in [-0.4, -0.2) is 56.8 Å². The number of hydrogen-bond acceptors (Lipinski definition) is 5. The van der Waals surface area contributed by atoms with Gasteiger partial charge in [0, 0.05) is 43.5 Å². The number of benzene rings is 1. The number of nitrogens with two attached hydrogens (primary N) is 2. The third kappa shape index (κ3) is 3.63. The van der Waals surface area contributed by atoms with Crippen molar-refractivity contribution < 1.29 is 17.9 Å². The average molecular weight is 314 g/mol. The van der Waals surface area contributed by atoms with Crippen LogP contribution in [0.15, 0.2) is 18.2 Å². The molecule has 116 valence electrons. The van der Waals surface area contributed by atoms with E-state index >= 15 is 0 Å². The number of carbonyl (C=O) groups excluding carboxylic acids is 1. The summed E-state index contributed by atoms with van der Waals surface area (Å²) < 4.78 is 28.7. The number of piperazine rings is 1. The molecule has 1 aromatic carbocycles. The monoisotopic (exact) mass is 314 g/mol. The van der Waals surface area contributed by atoms with Crippen molar-refractivity contribution in [2.75, 3.05) is 39.0 Å². The van der Waals surface area contributed by atoms with Crippen molar-refractivity contribution in [1.82, 2.24) is 9.21 Å². The minimum Gasteiger partial charge on any atom is -0.497 e. The molecule has 0 aromatic heterocycles. The second-order valence-corrected chi connectivity index (χ2v) is 6.28. The van der Waals surface area contributed by atoms with Crippen LogP contribution < -0.4 is 15.6 Å². The van der Waals surface area contributed by atoms with Gasteiger partial charge in [0.05, 0.1) is 7.11 Å². The molecule has 1 amide bonds. The Morgan fingerprint density at radius 1 is 1.19 bits per heavy atom. The van der Waals surface area contributed by atoms with Crippen LogP contribution in [0.4, 0.5) is 5.69 Å². The summed E-state index contributed by atoms with van der Waals surface area (Å²) in [7, 11) is -2.21. The Kier molecular flexibility index (Phi) is 4.35. The molecular formula is C12H18N4O4S. The van der Waals surface area contributed by atoms with Crippen molar-refractivity contribution in [2.24, 2.45) is 5.14 Å². The van der Waals surface area contributed by atoms with Gasteiger partial charge in [-0.2, -0.15) is 12.7 Å². The smallest absolute Gasteiger partial charge is 0.277 e. The predicted octanol–water partition coefficient (Wildman–Crippen LogP) is -0.761. The van der Waals surface area contributed by atoms with Gasteiger partial charge in [0.2, 0.25) is 0 Å². The zero-order valence-corrected chi connectivity index (χ0v) is 12.5. The van der Waals surface area contributed by atoms with Gasteiger partial charge in [-0.1, -0.05) is 0 Å². The van der Waals surface area contributed by atoms with Gasteiger partial charge in [-0.3, -0.25) is 4.79 Å². The summed E-state index contributed by atoms with van der Waals surface area (Å²) in [5, 5.41) is 5.06. The Hall–Kier alpha value is -1.84. The Morgan fingerprint density at radius 3 is 2.33 bits per heavy atom. The van der Waals surface area contributed by atoms with E-state index in [0.717, 1.165) is 4.31 Å². The number of methoxy groups -OCH3 is 1. The van der Waals surface area contributed by atoms with Crippen LogP contribution >= 0.6 is 0 Å². The highest BCUT2D eigenvalue weighted by Crippen LogP contribution is 2.20. The molecule has 8 nitrogen and oxygen atoms in total. The van der Waals surface area contributed by atoms with Gasteiger partial charge in [0.1, 0.15) is 5.75 Å². The summed E-state index contributed by atoms with van der Waals surface area (Å²) in [4.78, 5) is 14.0. The van der Waals surface area contributed by atoms with E-state index in [1.807, 2.05) is 0 Å². The number of rotatable bonds is 3. The quantitative estimate of drug-likeness (QED) is 0.711. The van der Waals surface area contributed by atoms with E-state index in [1.165, 1.54) is 7.11 Å². The second-order valence-electron chi connectivity index (χ2n) is 4.73. The third-order valence-corrected chi connectivity index (χ3v) is 4.38. The van der Waals surface area contributed by atoms with Gasteiger partial charge in [-0.15, -0.1) is 0 Å². The molecule has 1 aromatic rings. The van der Waals surface area contributed by atoms with Crippen molar-refractivity contribution in [2.45, 2.75) is 0 Å². The van der Waals surface area contributed by atoms with Crippen molar-refractivity contribution in [1.29, 1.82) is 0 Å². The summed E-state index contributed by atoms with van der Waals surface area (Å²) in [6.07, 6.45) is 0. The average Bonchev–Trinajstić information content (AvgIpc) is 2.45. The van der Waals surface area contributed by atoms with Crippen molar-refractivity contribution in [3.05, 3.63) is 23.8 Å². The predicted molar refractivity (Wildman–Crippen MR) is 78.0 cm³/mol. The molecule has 21 heavy (non-hydrogen) atoms. The van der Waals surface area contributed by atoms with E-state index in [0.29, 0.717) is 17.0 Å². The molecule has 0 radical (unpaired) electrons. The summed E-state index contributed by atoms with van der Waals surface area (Å²) in [6, 6.07) is 4.79. The van der Waals surface area contributed by atoms with Crippen LogP contribution in [0.1, 0.15) is 10.4 Å². The molecule has 4 N–H and O–H groups in total. The first-order valence-electron chi connectivity index (χ1n) is 6.33. The highest BCUT2D eigenvalue weighted by Gasteiger charge is 2.27. The number of hydrogen-bond donors (Lipinski definition) is 2. The maximum absolute atomic E-state index is 12.4. The minimum atomic E-state index is -3.70. The molecular weight excluding hydrogens is 296 g/mol. The molecule has 0 bridgehead atoms. The largest absolute Gasteiger partial charge is 0.497 e. The van der Waals surface area contributed by atoms with Gasteiger partial charge in [-0.25, -0.2) is 5.14 Å². The number of anilines is 1. The number of ether oxygens (including phenoxy) is 1. The van der Waals surface area contributed by atoms with Gasteiger partial charge < -0.3 is 15.4 Å². The van der Waals surface area contributed by atoms with E-state index in [2.05, 4.69) is 0 Å². The highest BCUT2D eigenvalue weighted by molar-refractivity contribution is 7.86. The highest BCUT2D eigenvalue weighted by atomic mass is 32.2. The van der Waals surface area contributed by atoms with E-state index in [9.17, 15) is 13.2 Å². The van der Waals surface area contributed by atoms with E-state index in [1.54, 1.807) is 23.1 Å². The van der Waals surface area contributed by atoms with E-state index in [4.69, 9.17) is 15.6 Å². The number of nitrogen functional groups attached to an aromatic ring is 1. The van der Waals surface area contributed by atoms with Crippen LogP contribution in [-0.2, 0) is 10.2 Å². The fourth-order valence-electron chi connectivity index (χ4n) is 2.19. The van der Waals surface area contributed by atoms with Crippen LogP contribution in [0.25, 0.3) is 0 Å². The molecule has 0 spiro atoms. The fourth-order valence-corrected chi connectivity index (χ4v) is 2.86. The first kappa shape index (κ1) is 15.5. The Labute approximate surface area is 123 Å². The van der Waals surface area contributed by atoms with Gasteiger partial charge in [-0.05, 0) is 12.1 Å². The molecule has 1 aliphatic rings. The molecule has 1 aliphatic heterocycles. The Morgan fingerprint density at radius 2 is 1.81 bits per heavy atom. The van der Waals surface area contributed by atoms with Gasteiger partial charge >= 0.3 is 0 Å². The molecule has 0 atom stereocenters. The molecule has 2 rings (SSSR count).